The van der Waals surface area contributed by atoms with Crippen LogP contribution in [0, 0.1) is 28.6 Å². The number of rotatable bonds is 4. The molecule has 4 rings (SSSR count). The van der Waals surface area contributed by atoms with Gasteiger partial charge in [-0.05, 0) is 42.4 Å². The number of aromatic hydroxyl groups is 2. The third-order valence-electron chi connectivity index (χ3n) is 8.23. The molecule has 2 bridgehead atoms. The van der Waals surface area contributed by atoms with Crippen molar-refractivity contribution in [3.8, 4) is 17.2 Å². The summed E-state index contributed by atoms with van der Waals surface area (Å²) in [5.74, 6) is 0.157. The van der Waals surface area contributed by atoms with Gasteiger partial charge in [-0.3, -0.25) is 9.59 Å². The van der Waals surface area contributed by atoms with Gasteiger partial charge in [-0.2, -0.15) is 0 Å². The molecule has 1 unspecified atom stereocenters. The van der Waals surface area contributed by atoms with Crippen LogP contribution in [-0.2, 0) is 6.42 Å². The third kappa shape index (κ3) is 2.25. The molecule has 2 saturated carbocycles. The maximum absolute atomic E-state index is 12.7. The first-order valence-corrected chi connectivity index (χ1v) is 10.3. The molecule has 1 aromatic carbocycles. The first-order chi connectivity index (χ1) is 13.0. The molecule has 3 aliphatic rings. The van der Waals surface area contributed by atoms with Crippen LogP contribution < -0.4 is 4.74 Å². The average molecular weight is 386 g/mol. The van der Waals surface area contributed by atoms with Crippen LogP contribution in [0.5, 0.6) is 17.2 Å². The number of fused-ring (bicyclic) bond motifs is 2. The molecule has 2 fully saturated rings. The zero-order valence-electron chi connectivity index (χ0n) is 17.3. The first kappa shape index (κ1) is 19.3. The second-order valence-electron chi connectivity index (χ2n) is 10.1. The van der Waals surface area contributed by atoms with Gasteiger partial charge >= 0.3 is 0 Å². The Morgan fingerprint density at radius 1 is 1.18 bits per heavy atom. The van der Waals surface area contributed by atoms with Gasteiger partial charge in [0.1, 0.15) is 28.9 Å². The number of phenols is 2. The Kier molecular flexibility index (Phi) is 4.12. The van der Waals surface area contributed by atoms with E-state index in [9.17, 15) is 19.8 Å². The minimum absolute atomic E-state index is 0.00828. The molecule has 1 aromatic rings. The van der Waals surface area contributed by atoms with E-state index >= 15 is 0 Å². The monoisotopic (exact) mass is 386 g/mol. The van der Waals surface area contributed by atoms with Crippen molar-refractivity contribution in [2.24, 2.45) is 28.6 Å². The number of carbonyl (C=O) groups is 2. The summed E-state index contributed by atoms with van der Waals surface area (Å²) in [7, 11) is 0. The number of aldehydes is 1. The molecule has 0 saturated heterocycles. The zero-order valence-corrected chi connectivity index (χ0v) is 17.3. The Morgan fingerprint density at radius 3 is 2.43 bits per heavy atom. The molecule has 28 heavy (non-hydrogen) atoms. The lowest BCUT2D eigenvalue weighted by Gasteiger charge is -2.42. The summed E-state index contributed by atoms with van der Waals surface area (Å²) in [4.78, 5) is 24.6. The number of hydrogen-bond donors (Lipinski definition) is 2. The summed E-state index contributed by atoms with van der Waals surface area (Å²) >= 11 is 0. The topological polar surface area (TPSA) is 83.8 Å². The van der Waals surface area contributed by atoms with E-state index in [1.165, 1.54) is 0 Å². The number of Topliss-reactive ketones (excluding diaryl/α,β-unsaturated/α-hetero) is 1. The smallest absolute Gasteiger partial charge is 0.170 e. The van der Waals surface area contributed by atoms with Gasteiger partial charge < -0.3 is 14.9 Å². The maximum atomic E-state index is 12.7. The molecule has 0 radical (unpaired) electrons. The van der Waals surface area contributed by atoms with E-state index < -0.39 is 5.75 Å². The third-order valence-corrected chi connectivity index (χ3v) is 8.23. The molecule has 5 heteroatoms. The molecule has 0 spiro atoms. The SMILES string of the molecule is CC(C)CC(=O)c1c(O)c(C=O)c2c(c1O)CC1C[C@H]3C[C@@H](O2)[C@]1(C)C3(C)C. The molecule has 0 amide bonds. The van der Waals surface area contributed by atoms with Gasteiger partial charge in [-0.25, -0.2) is 0 Å². The van der Waals surface area contributed by atoms with Crippen LogP contribution in [0.25, 0.3) is 0 Å². The van der Waals surface area contributed by atoms with Crippen LogP contribution in [0.15, 0.2) is 0 Å². The van der Waals surface area contributed by atoms with Crippen molar-refractivity contribution < 1.29 is 24.5 Å². The van der Waals surface area contributed by atoms with Crippen molar-refractivity contribution >= 4 is 12.1 Å². The van der Waals surface area contributed by atoms with Gasteiger partial charge in [0.05, 0.1) is 5.56 Å². The summed E-state index contributed by atoms with van der Waals surface area (Å²) in [6.07, 6.45) is 3.19. The zero-order chi connectivity index (χ0) is 20.6. The van der Waals surface area contributed by atoms with Crippen LogP contribution in [0.3, 0.4) is 0 Å². The predicted molar refractivity (Wildman–Crippen MR) is 105 cm³/mol. The van der Waals surface area contributed by atoms with Crippen LogP contribution in [0.1, 0.15) is 80.2 Å². The van der Waals surface area contributed by atoms with Crippen molar-refractivity contribution in [3.05, 3.63) is 16.7 Å². The van der Waals surface area contributed by atoms with E-state index in [1.807, 2.05) is 13.8 Å². The summed E-state index contributed by atoms with van der Waals surface area (Å²) in [5.41, 5.74) is 0.377. The fraction of sp³-hybridized carbons (Fsp3) is 0.652. The summed E-state index contributed by atoms with van der Waals surface area (Å²) in [6.45, 7) is 10.6. The Bertz CT molecular complexity index is 868. The fourth-order valence-electron chi connectivity index (χ4n) is 6.22. The predicted octanol–water partition coefficient (Wildman–Crippen LogP) is 4.51. The molecule has 5 nitrogen and oxygen atoms in total. The maximum Gasteiger partial charge on any atom is 0.170 e. The molecule has 1 aliphatic heterocycles. The minimum Gasteiger partial charge on any atom is -0.507 e. The number of ether oxygens (including phenoxy) is 1. The highest BCUT2D eigenvalue weighted by molar-refractivity contribution is 6.05. The molecule has 4 atom stereocenters. The highest BCUT2D eigenvalue weighted by Crippen LogP contribution is 2.71. The molecule has 1 heterocycles. The largest absolute Gasteiger partial charge is 0.507 e. The normalized spacial score (nSPS) is 32.0. The van der Waals surface area contributed by atoms with E-state index in [1.54, 1.807) is 0 Å². The van der Waals surface area contributed by atoms with Gasteiger partial charge in [0.25, 0.3) is 0 Å². The molecular formula is C23H30O5. The molecule has 2 N–H and O–H groups in total. The fourth-order valence-corrected chi connectivity index (χ4v) is 6.22. The lowest BCUT2D eigenvalue weighted by Crippen LogP contribution is -2.43. The molecular weight excluding hydrogens is 356 g/mol. The Balaban J connectivity index is 1.89. The molecule has 152 valence electrons. The van der Waals surface area contributed by atoms with Crippen LogP contribution in [-0.4, -0.2) is 28.4 Å². The van der Waals surface area contributed by atoms with Gasteiger partial charge in [-0.1, -0.05) is 34.6 Å². The standard InChI is InChI=1S/C23H30O5/c1-11(2)6-16(25)18-19(26)14-8-13-7-12-9-17(23(13,5)22(12,3)4)28-21(14)15(10-24)20(18)27/h10-13,17,26-27H,6-9H2,1-5H3/t12-,13?,17+,23+/m0/s1. The van der Waals surface area contributed by atoms with E-state index in [-0.39, 0.29) is 57.7 Å². The van der Waals surface area contributed by atoms with E-state index in [0.29, 0.717) is 30.1 Å². The second kappa shape index (κ2) is 5.98. The van der Waals surface area contributed by atoms with Crippen LogP contribution in [0.4, 0.5) is 0 Å². The van der Waals surface area contributed by atoms with Gasteiger partial charge in [0.15, 0.2) is 12.1 Å². The van der Waals surface area contributed by atoms with Gasteiger partial charge in [0, 0.05) is 17.4 Å². The van der Waals surface area contributed by atoms with Crippen molar-refractivity contribution in [1.29, 1.82) is 0 Å². The van der Waals surface area contributed by atoms with Crippen molar-refractivity contribution in [2.45, 2.75) is 66.4 Å². The molecule has 2 aliphatic carbocycles. The van der Waals surface area contributed by atoms with Gasteiger partial charge in [-0.15, -0.1) is 0 Å². The number of ketones is 1. The first-order valence-electron chi connectivity index (χ1n) is 10.3. The van der Waals surface area contributed by atoms with Gasteiger partial charge in [0.2, 0.25) is 0 Å². The summed E-state index contributed by atoms with van der Waals surface area (Å²) in [6, 6.07) is 0. The Morgan fingerprint density at radius 2 is 1.86 bits per heavy atom. The quantitative estimate of drug-likeness (QED) is 0.587. The van der Waals surface area contributed by atoms with E-state index in [0.717, 1.165) is 12.8 Å². The van der Waals surface area contributed by atoms with Crippen molar-refractivity contribution in [3.63, 3.8) is 0 Å². The number of carbonyl (C=O) groups excluding carboxylic acids is 2. The lowest BCUT2D eigenvalue weighted by molar-refractivity contribution is -0.00105. The van der Waals surface area contributed by atoms with Crippen molar-refractivity contribution in [2.75, 3.05) is 0 Å². The minimum atomic E-state index is -0.454. The van der Waals surface area contributed by atoms with Crippen molar-refractivity contribution in [1.82, 2.24) is 0 Å². The van der Waals surface area contributed by atoms with Crippen LogP contribution >= 0.6 is 0 Å². The summed E-state index contributed by atoms with van der Waals surface area (Å²) in [5, 5.41) is 21.7. The average Bonchev–Trinajstić information content (AvgIpc) is 2.87. The van der Waals surface area contributed by atoms with E-state index in [4.69, 9.17) is 4.74 Å². The second-order valence-corrected chi connectivity index (χ2v) is 10.1. The van der Waals surface area contributed by atoms with E-state index in [2.05, 4.69) is 20.8 Å². The summed E-state index contributed by atoms with van der Waals surface area (Å²) < 4.78 is 6.36. The highest BCUT2D eigenvalue weighted by atomic mass is 16.5. The molecule has 0 aromatic heterocycles. The Labute approximate surface area is 166 Å². The number of phenolic OH excluding ortho intramolecular Hbond substituents is 2. The number of hydrogen-bond acceptors (Lipinski definition) is 5. The lowest BCUT2D eigenvalue weighted by atomic mass is 9.64. The highest BCUT2D eigenvalue weighted by Gasteiger charge is 2.68. The number of benzene rings is 1. The van der Waals surface area contributed by atoms with Crippen LogP contribution in [0.2, 0.25) is 0 Å². The Hall–Kier alpha value is -2.04.